The minimum Gasteiger partial charge on any atom is -0.497 e. The minimum absolute atomic E-state index is 0.0224. The topological polar surface area (TPSA) is 121 Å². The first-order valence-corrected chi connectivity index (χ1v) is 11.7. The number of rotatable bonds is 8. The van der Waals surface area contributed by atoms with Crippen LogP contribution in [0.25, 0.3) is 11.5 Å². The van der Waals surface area contributed by atoms with Crippen molar-refractivity contribution < 1.29 is 27.2 Å². The van der Waals surface area contributed by atoms with Gasteiger partial charge in [-0.05, 0) is 47.8 Å². The van der Waals surface area contributed by atoms with E-state index in [1.165, 1.54) is 54.8 Å². The fourth-order valence-corrected chi connectivity index (χ4v) is 4.44. The van der Waals surface area contributed by atoms with Crippen LogP contribution in [0, 0.1) is 0 Å². The van der Waals surface area contributed by atoms with Crippen molar-refractivity contribution in [3.63, 3.8) is 0 Å². The Kier molecular flexibility index (Phi) is 6.19. The van der Waals surface area contributed by atoms with Gasteiger partial charge in [0.1, 0.15) is 5.75 Å². The highest BCUT2D eigenvalue weighted by atomic mass is 32.2. The van der Waals surface area contributed by atoms with Crippen LogP contribution < -0.4 is 9.46 Å². The standard InChI is InChI=1S/C21H17N3O6S2/c1-28-15-6-8-16(9-7-15)32(26,27)24-18-5-3-2-4-17(18)21(25)29-12-19-22-20(30-23-19)14-10-11-31-13-14/h2-11,13,24H,12H2,1H3. The molecular weight excluding hydrogens is 454 g/mol. The molecule has 0 atom stereocenters. The summed E-state index contributed by atoms with van der Waals surface area (Å²) in [6, 6.07) is 13.8. The van der Waals surface area contributed by atoms with Crippen LogP contribution >= 0.6 is 11.3 Å². The molecule has 2 heterocycles. The van der Waals surface area contributed by atoms with Gasteiger partial charge in [-0.3, -0.25) is 4.72 Å². The predicted octanol–water partition coefficient (Wildman–Crippen LogP) is 3.96. The molecule has 0 aliphatic rings. The van der Waals surface area contributed by atoms with Gasteiger partial charge in [-0.25, -0.2) is 13.2 Å². The van der Waals surface area contributed by atoms with Crippen LogP contribution in [0.2, 0.25) is 0 Å². The van der Waals surface area contributed by atoms with Gasteiger partial charge in [0.2, 0.25) is 5.82 Å². The molecule has 0 bridgehead atoms. The monoisotopic (exact) mass is 471 g/mol. The van der Waals surface area contributed by atoms with Gasteiger partial charge < -0.3 is 14.0 Å². The first-order chi connectivity index (χ1) is 15.5. The zero-order chi connectivity index (χ0) is 22.6. The lowest BCUT2D eigenvalue weighted by Gasteiger charge is -2.12. The van der Waals surface area contributed by atoms with E-state index in [1.807, 2.05) is 16.8 Å². The van der Waals surface area contributed by atoms with Crippen molar-refractivity contribution in [2.24, 2.45) is 0 Å². The summed E-state index contributed by atoms with van der Waals surface area (Å²) in [7, 11) is -2.45. The number of methoxy groups -OCH3 is 1. The number of aromatic nitrogens is 2. The molecule has 11 heteroatoms. The molecule has 2 aromatic carbocycles. The Balaban J connectivity index is 1.47. The third-order valence-electron chi connectivity index (χ3n) is 4.33. The van der Waals surface area contributed by atoms with Crippen LogP contribution in [0.4, 0.5) is 5.69 Å². The number of sulfonamides is 1. The molecule has 0 aliphatic carbocycles. The molecule has 0 aliphatic heterocycles. The molecule has 0 radical (unpaired) electrons. The Bertz CT molecular complexity index is 1320. The number of thiophene rings is 1. The zero-order valence-electron chi connectivity index (χ0n) is 16.7. The Labute approximate surface area is 187 Å². The zero-order valence-corrected chi connectivity index (χ0v) is 18.4. The lowest BCUT2D eigenvalue weighted by atomic mass is 10.2. The highest BCUT2D eigenvalue weighted by Crippen LogP contribution is 2.23. The van der Waals surface area contributed by atoms with E-state index in [9.17, 15) is 13.2 Å². The lowest BCUT2D eigenvalue weighted by Crippen LogP contribution is -2.16. The van der Waals surface area contributed by atoms with Crippen molar-refractivity contribution in [1.29, 1.82) is 0 Å². The average Bonchev–Trinajstić information content (AvgIpc) is 3.50. The third-order valence-corrected chi connectivity index (χ3v) is 6.39. The van der Waals surface area contributed by atoms with Gasteiger partial charge in [0.15, 0.2) is 6.61 Å². The molecule has 0 amide bonds. The third kappa shape index (κ3) is 4.79. The highest BCUT2D eigenvalue weighted by molar-refractivity contribution is 7.92. The molecule has 4 aromatic rings. The number of hydrogen-bond donors (Lipinski definition) is 1. The number of para-hydroxylation sites is 1. The van der Waals surface area contributed by atoms with E-state index in [0.29, 0.717) is 11.6 Å². The maximum atomic E-state index is 12.7. The van der Waals surface area contributed by atoms with Gasteiger partial charge in [-0.1, -0.05) is 17.3 Å². The van der Waals surface area contributed by atoms with Gasteiger partial charge >= 0.3 is 5.97 Å². The fraction of sp³-hybridized carbons (Fsp3) is 0.0952. The lowest BCUT2D eigenvalue weighted by molar-refractivity contribution is 0.0461. The minimum atomic E-state index is -3.94. The summed E-state index contributed by atoms with van der Waals surface area (Å²) in [4.78, 5) is 16.8. The van der Waals surface area contributed by atoms with E-state index in [4.69, 9.17) is 14.0 Å². The van der Waals surface area contributed by atoms with E-state index in [2.05, 4.69) is 14.9 Å². The number of anilines is 1. The molecular formula is C21H17N3O6S2. The van der Waals surface area contributed by atoms with Crippen LogP contribution in [0.3, 0.4) is 0 Å². The maximum Gasteiger partial charge on any atom is 0.340 e. The highest BCUT2D eigenvalue weighted by Gasteiger charge is 2.20. The Morgan fingerprint density at radius 2 is 1.91 bits per heavy atom. The summed E-state index contributed by atoms with van der Waals surface area (Å²) >= 11 is 1.49. The molecule has 2 aromatic heterocycles. The Morgan fingerprint density at radius 3 is 2.62 bits per heavy atom. The number of carbonyl (C=O) groups is 1. The van der Waals surface area contributed by atoms with E-state index < -0.39 is 16.0 Å². The molecule has 0 fully saturated rings. The van der Waals surface area contributed by atoms with Crippen LogP contribution in [0.1, 0.15) is 16.2 Å². The van der Waals surface area contributed by atoms with Crippen molar-refractivity contribution >= 4 is 33.0 Å². The van der Waals surface area contributed by atoms with Crippen LogP contribution in [-0.4, -0.2) is 31.6 Å². The molecule has 32 heavy (non-hydrogen) atoms. The Hall–Kier alpha value is -3.70. The fourth-order valence-electron chi connectivity index (χ4n) is 2.73. The average molecular weight is 472 g/mol. The van der Waals surface area contributed by atoms with E-state index in [-0.39, 0.29) is 28.6 Å². The van der Waals surface area contributed by atoms with Gasteiger partial charge in [-0.15, -0.1) is 0 Å². The normalized spacial score (nSPS) is 11.2. The molecule has 0 saturated heterocycles. The van der Waals surface area contributed by atoms with Crippen molar-refractivity contribution in [3.05, 3.63) is 76.7 Å². The number of ether oxygens (including phenoxy) is 2. The predicted molar refractivity (Wildman–Crippen MR) is 117 cm³/mol. The van der Waals surface area contributed by atoms with Crippen molar-refractivity contribution in [2.45, 2.75) is 11.5 Å². The molecule has 4 rings (SSSR count). The molecule has 9 nitrogen and oxygen atoms in total. The van der Waals surface area contributed by atoms with Crippen LogP contribution in [-0.2, 0) is 21.4 Å². The molecule has 0 spiro atoms. The summed E-state index contributed by atoms with van der Waals surface area (Å²) < 4.78 is 43.4. The number of esters is 1. The summed E-state index contributed by atoms with van der Waals surface area (Å²) in [5, 5.41) is 7.53. The number of benzene rings is 2. The van der Waals surface area contributed by atoms with Gasteiger partial charge in [0.25, 0.3) is 15.9 Å². The first kappa shape index (κ1) is 21.5. The molecule has 1 N–H and O–H groups in total. The summed E-state index contributed by atoms with van der Waals surface area (Å²) in [6.45, 7) is -0.230. The smallest absolute Gasteiger partial charge is 0.340 e. The SMILES string of the molecule is COc1ccc(S(=O)(=O)Nc2ccccc2C(=O)OCc2noc(-c3ccsc3)n2)cc1. The van der Waals surface area contributed by atoms with Gasteiger partial charge in [0, 0.05) is 5.38 Å². The molecule has 0 saturated carbocycles. The second kappa shape index (κ2) is 9.20. The summed E-state index contributed by atoms with van der Waals surface area (Å²) in [5.41, 5.74) is 0.907. The second-order valence-electron chi connectivity index (χ2n) is 6.43. The number of carbonyl (C=O) groups excluding carboxylic acids is 1. The molecule has 0 unspecified atom stereocenters. The number of nitrogens with one attached hydrogen (secondary N) is 1. The van der Waals surface area contributed by atoms with Crippen molar-refractivity contribution in [1.82, 2.24) is 10.1 Å². The quantitative estimate of drug-likeness (QED) is 0.383. The number of hydrogen-bond acceptors (Lipinski definition) is 9. The Morgan fingerprint density at radius 1 is 1.12 bits per heavy atom. The van der Waals surface area contributed by atoms with Crippen LogP contribution in [0.5, 0.6) is 5.75 Å². The number of nitrogens with zero attached hydrogens (tertiary/aromatic N) is 2. The van der Waals surface area contributed by atoms with E-state index >= 15 is 0 Å². The first-order valence-electron chi connectivity index (χ1n) is 9.24. The van der Waals surface area contributed by atoms with Crippen molar-refractivity contribution in [3.8, 4) is 17.2 Å². The van der Waals surface area contributed by atoms with Gasteiger partial charge in [0.05, 0.1) is 28.8 Å². The maximum absolute atomic E-state index is 12.7. The van der Waals surface area contributed by atoms with E-state index in [1.54, 1.807) is 12.1 Å². The van der Waals surface area contributed by atoms with Crippen LogP contribution in [0.15, 0.2) is 74.8 Å². The van der Waals surface area contributed by atoms with Gasteiger partial charge in [-0.2, -0.15) is 16.3 Å². The largest absolute Gasteiger partial charge is 0.497 e. The second-order valence-corrected chi connectivity index (χ2v) is 8.89. The van der Waals surface area contributed by atoms with Crippen molar-refractivity contribution in [2.75, 3.05) is 11.8 Å². The summed E-state index contributed by atoms with van der Waals surface area (Å²) in [6.07, 6.45) is 0. The molecule has 164 valence electrons. The summed E-state index contributed by atoms with van der Waals surface area (Å²) in [5.74, 6) is 0.303. The van der Waals surface area contributed by atoms with E-state index in [0.717, 1.165) is 5.56 Å².